The lowest BCUT2D eigenvalue weighted by Gasteiger charge is -2.16. The predicted octanol–water partition coefficient (Wildman–Crippen LogP) is 2.08. The van der Waals surface area contributed by atoms with Gasteiger partial charge in [-0.3, -0.25) is 4.79 Å². The van der Waals surface area contributed by atoms with Crippen LogP contribution in [0, 0.1) is 5.92 Å². The van der Waals surface area contributed by atoms with E-state index < -0.39 is 12.0 Å². The van der Waals surface area contributed by atoms with Gasteiger partial charge in [-0.2, -0.15) is 0 Å². The molecule has 122 valence electrons. The number of carbonyl (C=O) groups excluding carboxylic acids is 1. The number of nitrogens with one attached hydrogen (secondary N) is 1. The number of para-hydroxylation sites is 2. The molecular weight excluding hydrogens is 286 g/mol. The summed E-state index contributed by atoms with van der Waals surface area (Å²) in [5.74, 6) is -0.0391. The first-order valence-electron chi connectivity index (χ1n) is 7.22. The van der Waals surface area contributed by atoms with Crippen LogP contribution in [0.4, 0.5) is 0 Å². The van der Waals surface area contributed by atoms with Crippen LogP contribution in [-0.2, 0) is 9.59 Å². The molecule has 2 N–H and O–H groups in total. The van der Waals surface area contributed by atoms with Gasteiger partial charge < -0.3 is 19.9 Å². The first-order chi connectivity index (χ1) is 10.4. The number of aliphatic carboxylic acids is 1. The molecular formula is C16H23NO5. The summed E-state index contributed by atoms with van der Waals surface area (Å²) < 4.78 is 10.6. The van der Waals surface area contributed by atoms with Crippen molar-refractivity contribution in [3.8, 4) is 11.5 Å². The molecule has 0 aromatic heterocycles. The van der Waals surface area contributed by atoms with Crippen molar-refractivity contribution in [2.45, 2.75) is 32.7 Å². The maximum absolute atomic E-state index is 11.8. The van der Waals surface area contributed by atoms with Gasteiger partial charge in [-0.1, -0.05) is 26.0 Å². The van der Waals surface area contributed by atoms with Crippen LogP contribution in [0.5, 0.6) is 11.5 Å². The van der Waals surface area contributed by atoms with Crippen LogP contribution in [-0.4, -0.2) is 36.7 Å². The number of carbonyl (C=O) groups is 2. The van der Waals surface area contributed by atoms with E-state index in [1.165, 1.54) is 7.11 Å². The van der Waals surface area contributed by atoms with Crippen LogP contribution in [0.15, 0.2) is 24.3 Å². The van der Waals surface area contributed by atoms with Gasteiger partial charge in [-0.25, -0.2) is 4.79 Å². The van der Waals surface area contributed by atoms with E-state index in [-0.39, 0.29) is 24.9 Å². The molecule has 6 heteroatoms. The molecule has 1 amide bonds. The van der Waals surface area contributed by atoms with Gasteiger partial charge in [0, 0.05) is 0 Å². The standard InChI is InChI=1S/C16H23NO5/c1-11(2)10-12(16(19)20)17-15(18)8-9-22-14-7-5-4-6-13(14)21-3/h4-7,11-12H,8-10H2,1-3H3,(H,17,18)(H,19,20)/t12-/m0/s1. The molecule has 0 fully saturated rings. The van der Waals surface area contributed by atoms with Crippen LogP contribution in [0.1, 0.15) is 26.7 Å². The second kappa shape index (κ2) is 8.92. The third-order valence-corrected chi connectivity index (χ3v) is 3.00. The Bertz CT molecular complexity index is 501. The molecule has 0 heterocycles. The highest BCUT2D eigenvalue weighted by molar-refractivity contribution is 5.83. The highest BCUT2D eigenvalue weighted by atomic mass is 16.5. The average Bonchev–Trinajstić information content (AvgIpc) is 2.46. The zero-order valence-electron chi connectivity index (χ0n) is 13.2. The molecule has 0 saturated heterocycles. The van der Waals surface area contributed by atoms with Crippen LogP contribution >= 0.6 is 0 Å². The molecule has 22 heavy (non-hydrogen) atoms. The molecule has 0 radical (unpaired) electrons. The van der Waals surface area contributed by atoms with Crippen LogP contribution in [0.3, 0.4) is 0 Å². The lowest BCUT2D eigenvalue weighted by molar-refractivity contribution is -0.142. The number of amides is 1. The molecule has 0 bridgehead atoms. The van der Waals surface area contributed by atoms with Gasteiger partial charge in [0.25, 0.3) is 0 Å². The lowest BCUT2D eigenvalue weighted by Crippen LogP contribution is -2.42. The van der Waals surface area contributed by atoms with Gasteiger partial charge in [-0.15, -0.1) is 0 Å². The molecule has 1 aromatic rings. The van der Waals surface area contributed by atoms with E-state index >= 15 is 0 Å². The van der Waals surface area contributed by atoms with Crippen molar-refractivity contribution in [3.63, 3.8) is 0 Å². The third kappa shape index (κ3) is 6.03. The molecule has 0 saturated carbocycles. The van der Waals surface area contributed by atoms with Gasteiger partial charge in [-0.05, 0) is 24.5 Å². The fourth-order valence-electron chi connectivity index (χ4n) is 1.95. The Hall–Kier alpha value is -2.24. The predicted molar refractivity (Wildman–Crippen MR) is 82.1 cm³/mol. The van der Waals surface area contributed by atoms with E-state index in [1.807, 2.05) is 19.9 Å². The van der Waals surface area contributed by atoms with E-state index in [0.29, 0.717) is 17.9 Å². The van der Waals surface area contributed by atoms with Crippen LogP contribution < -0.4 is 14.8 Å². The number of carboxylic acid groups (broad SMARTS) is 1. The second-order valence-corrected chi connectivity index (χ2v) is 5.34. The van der Waals surface area contributed by atoms with Crippen molar-refractivity contribution < 1.29 is 24.2 Å². The zero-order valence-corrected chi connectivity index (χ0v) is 13.2. The summed E-state index contributed by atoms with van der Waals surface area (Å²) in [7, 11) is 1.54. The molecule has 1 rings (SSSR count). The fourth-order valence-corrected chi connectivity index (χ4v) is 1.95. The molecule has 0 spiro atoms. The Morgan fingerprint density at radius 3 is 2.41 bits per heavy atom. The number of rotatable bonds is 9. The van der Waals surface area contributed by atoms with E-state index in [0.717, 1.165) is 0 Å². The van der Waals surface area contributed by atoms with Gasteiger partial charge in [0.05, 0.1) is 20.1 Å². The molecule has 1 atom stereocenters. The Balaban J connectivity index is 2.43. The highest BCUT2D eigenvalue weighted by Crippen LogP contribution is 2.25. The summed E-state index contributed by atoms with van der Waals surface area (Å²) in [4.78, 5) is 22.9. The summed E-state index contributed by atoms with van der Waals surface area (Å²) in [6, 6.07) is 6.27. The molecule has 0 aliphatic heterocycles. The molecule has 1 aromatic carbocycles. The van der Waals surface area contributed by atoms with Crippen molar-refractivity contribution >= 4 is 11.9 Å². The molecule has 0 unspecified atom stereocenters. The summed E-state index contributed by atoms with van der Waals surface area (Å²) in [5, 5.41) is 11.6. The second-order valence-electron chi connectivity index (χ2n) is 5.34. The van der Waals surface area contributed by atoms with Crippen LogP contribution in [0.2, 0.25) is 0 Å². The minimum atomic E-state index is -1.02. The zero-order chi connectivity index (χ0) is 16.5. The number of hydrogen-bond acceptors (Lipinski definition) is 4. The number of hydrogen-bond donors (Lipinski definition) is 2. The Kier molecular flexibility index (Phi) is 7.22. The smallest absolute Gasteiger partial charge is 0.326 e. The Labute approximate surface area is 130 Å². The average molecular weight is 309 g/mol. The summed E-state index contributed by atoms with van der Waals surface area (Å²) in [5.41, 5.74) is 0. The summed E-state index contributed by atoms with van der Waals surface area (Å²) >= 11 is 0. The lowest BCUT2D eigenvalue weighted by atomic mass is 10.0. The maximum atomic E-state index is 11.8. The first kappa shape index (κ1) is 17.8. The maximum Gasteiger partial charge on any atom is 0.326 e. The number of ether oxygens (including phenoxy) is 2. The quantitative estimate of drug-likeness (QED) is 0.729. The van der Waals surface area contributed by atoms with E-state index in [9.17, 15) is 9.59 Å². The summed E-state index contributed by atoms with van der Waals surface area (Å²) in [6.45, 7) is 3.97. The van der Waals surface area contributed by atoms with Gasteiger partial charge in [0.1, 0.15) is 6.04 Å². The first-order valence-corrected chi connectivity index (χ1v) is 7.22. The number of methoxy groups -OCH3 is 1. The van der Waals surface area contributed by atoms with Gasteiger partial charge in [0.15, 0.2) is 11.5 Å². The molecule has 0 aliphatic carbocycles. The largest absolute Gasteiger partial charge is 0.493 e. The van der Waals surface area contributed by atoms with Gasteiger partial charge >= 0.3 is 5.97 Å². The van der Waals surface area contributed by atoms with E-state index in [2.05, 4.69) is 5.32 Å². The number of benzene rings is 1. The van der Waals surface area contributed by atoms with E-state index in [1.54, 1.807) is 18.2 Å². The Morgan fingerprint density at radius 2 is 1.86 bits per heavy atom. The fraction of sp³-hybridized carbons (Fsp3) is 0.500. The van der Waals surface area contributed by atoms with E-state index in [4.69, 9.17) is 14.6 Å². The van der Waals surface area contributed by atoms with Crippen molar-refractivity contribution in [1.82, 2.24) is 5.32 Å². The van der Waals surface area contributed by atoms with Crippen molar-refractivity contribution in [2.24, 2.45) is 5.92 Å². The molecule has 0 aliphatic rings. The Morgan fingerprint density at radius 1 is 1.23 bits per heavy atom. The monoisotopic (exact) mass is 309 g/mol. The third-order valence-electron chi connectivity index (χ3n) is 3.00. The van der Waals surface area contributed by atoms with Crippen LogP contribution in [0.25, 0.3) is 0 Å². The molecule has 6 nitrogen and oxygen atoms in total. The SMILES string of the molecule is COc1ccccc1OCCC(=O)N[C@@H](CC(C)C)C(=O)O. The minimum absolute atomic E-state index is 0.0833. The normalized spacial score (nSPS) is 11.8. The highest BCUT2D eigenvalue weighted by Gasteiger charge is 2.20. The van der Waals surface area contributed by atoms with Gasteiger partial charge in [0.2, 0.25) is 5.91 Å². The van der Waals surface area contributed by atoms with Crippen molar-refractivity contribution in [1.29, 1.82) is 0 Å². The minimum Gasteiger partial charge on any atom is -0.493 e. The van der Waals surface area contributed by atoms with Crippen molar-refractivity contribution in [3.05, 3.63) is 24.3 Å². The summed E-state index contributed by atoms with van der Waals surface area (Å²) in [6.07, 6.45) is 0.481. The van der Waals surface area contributed by atoms with Crippen molar-refractivity contribution in [2.75, 3.05) is 13.7 Å². The topological polar surface area (TPSA) is 84.9 Å². The number of carboxylic acids is 1.